The second-order valence-electron chi connectivity index (χ2n) is 11.8. The van der Waals surface area contributed by atoms with Crippen LogP contribution in [0.3, 0.4) is 0 Å². The van der Waals surface area contributed by atoms with Crippen LogP contribution in [0, 0.1) is 13.8 Å². The van der Waals surface area contributed by atoms with Crippen molar-refractivity contribution >= 4 is 21.8 Å². The average Bonchev–Trinajstić information content (AvgIpc) is 3.26. The van der Waals surface area contributed by atoms with Gasteiger partial charge in [-0.3, -0.25) is 9.97 Å². The van der Waals surface area contributed by atoms with Crippen molar-refractivity contribution in [3.63, 3.8) is 0 Å². The number of hydrogen-bond acceptors (Lipinski definition) is 2. The Morgan fingerprint density at radius 2 is 1.00 bits per heavy atom. The summed E-state index contributed by atoms with van der Waals surface area (Å²) in [5.74, 6) is 0. The van der Waals surface area contributed by atoms with E-state index in [0.29, 0.717) is 0 Å². The largest absolute Gasteiger partial charge is 0.309 e. The monoisotopic (exact) mass is 509 g/mol. The van der Waals surface area contributed by atoms with Gasteiger partial charge in [-0.25, -0.2) is 0 Å². The van der Waals surface area contributed by atoms with E-state index < -0.39 is 0 Å². The fraction of sp³-hybridized carbons (Fsp3) is 0.222. The molecule has 0 atom stereocenters. The first-order valence-corrected chi connectivity index (χ1v) is 13.7. The maximum atomic E-state index is 4.77. The highest BCUT2D eigenvalue weighted by atomic mass is 15.0. The van der Waals surface area contributed by atoms with Gasteiger partial charge in [-0.05, 0) is 85.6 Å². The van der Waals surface area contributed by atoms with Crippen LogP contribution in [-0.2, 0) is 10.8 Å². The van der Waals surface area contributed by atoms with Gasteiger partial charge in [-0.2, -0.15) is 0 Å². The zero-order valence-electron chi connectivity index (χ0n) is 23.7. The third-order valence-corrected chi connectivity index (χ3v) is 8.31. The molecule has 0 bridgehead atoms. The lowest BCUT2D eigenvalue weighted by molar-refractivity contribution is 0.594. The maximum absolute atomic E-state index is 4.77. The summed E-state index contributed by atoms with van der Waals surface area (Å²) < 4.78 is 2.43. The van der Waals surface area contributed by atoms with Crippen molar-refractivity contribution in [3.8, 4) is 5.69 Å². The molecule has 0 saturated heterocycles. The number of rotatable bonds is 5. The van der Waals surface area contributed by atoms with Gasteiger partial charge in [0.05, 0.1) is 22.4 Å². The van der Waals surface area contributed by atoms with Crippen LogP contribution in [0.2, 0.25) is 0 Å². The zero-order valence-corrected chi connectivity index (χ0v) is 23.7. The standard InChI is InChI=1S/C36H35N3/c1-24-13-15-31-29(19-24)30-20-25(2)14-16-32(30)39(31)28-22-26(35(3,4)33-11-7-9-17-37-33)21-27(23-28)36(5,6)34-12-8-10-18-38-34/h7-23H,1-6H3. The first-order chi connectivity index (χ1) is 18.7. The van der Waals surface area contributed by atoms with Crippen LogP contribution < -0.4 is 0 Å². The molecule has 0 N–H and O–H groups in total. The maximum Gasteiger partial charge on any atom is 0.0541 e. The molecule has 0 unspecified atom stereocenters. The molecule has 0 fully saturated rings. The number of pyridine rings is 2. The molecule has 3 aromatic heterocycles. The van der Waals surface area contributed by atoms with Gasteiger partial charge >= 0.3 is 0 Å². The molecule has 0 aliphatic carbocycles. The molecule has 0 saturated carbocycles. The first kappa shape index (κ1) is 25.1. The van der Waals surface area contributed by atoms with Crippen LogP contribution in [-0.4, -0.2) is 14.5 Å². The van der Waals surface area contributed by atoms with Crippen LogP contribution in [0.4, 0.5) is 0 Å². The Labute approximate surface area is 231 Å². The number of benzene rings is 3. The summed E-state index contributed by atoms with van der Waals surface area (Å²) in [4.78, 5) is 9.54. The van der Waals surface area contributed by atoms with Crippen molar-refractivity contribution < 1.29 is 0 Å². The quantitative estimate of drug-likeness (QED) is 0.232. The third kappa shape index (κ3) is 4.23. The lowest BCUT2D eigenvalue weighted by atomic mass is 9.75. The van der Waals surface area contributed by atoms with E-state index in [-0.39, 0.29) is 10.8 Å². The number of aromatic nitrogens is 3. The molecule has 3 aromatic carbocycles. The predicted octanol–water partition coefficient (Wildman–Crippen LogP) is 8.84. The summed E-state index contributed by atoms with van der Waals surface area (Å²) in [6, 6.07) is 33.0. The van der Waals surface area contributed by atoms with Gasteiger partial charge in [0.1, 0.15) is 0 Å². The van der Waals surface area contributed by atoms with Gasteiger partial charge in [-0.1, -0.05) is 69.2 Å². The van der Waals surface area contributed by atoms with E-state index in [2.05, 4.69) is 125 Å². The molecule has 3 heterocycles. The van der Waals surface area contributed by atoms with Crippen molar-refractivity contribution in [2.75, 3.05) is 0 Å². The van der Waals surface area contributed by atoms with Crippen molar-refractivity contribution in [2.24, 2.45) is 0 Å². The fourth-order valence-electron chi connectivity index (χ4n) is 5.75. The Kier molecular flexibility index (Phi) is 5.91. The molecule has 0 amide bonds. The molecule has 6 aromatic rings. The highest BCUT2D eigenvalue weighted by Gasteiger charge is 2.31. The number of aryl methyl sites for hydroxylation is 2. The second kappa shape index (κ2) is 9.20. The highest BCUT2D eigenvalue weighted by Crippen LogP contribution is 2.40. The van der Waals surface area contributed by atoms with Crippen molar-refractivity contribution in [2.45, 2.75) is 52.4 Å². The Hall–Kier alpha value is -4.24. The van der Waals surface area contributed by atoms with Gasteiger partial charge in [-0.15, -0.1) is 0 Å². The molecule has 3 heteroatoms. The van der Waals surface area contributed by atoms with Gasteiger partial charge < -0.3 is 4.57 Å². The topological polar surface area (TPSA) is 30.7 Å². The molecular weight excluding hydrogens is 474 g/mol. The molecular formula is C36H35N3. The minimum atomic E-state index is -0.293. The molecule has 6 rings (SSSR count). The van der Waals surface area contributed by atoms with E-state index in [9.17, 15) is 0 Å². The van der Waals surface area contributed by atoms with Crippen molar-refractivity contribution in [3.05, 3.63) is 137 Å². The Bertz CT molecular complexity index is 1680. The average molecular weight is 510 g/mol. The van der Waals surface area contributed by atoms with Crippen LogP contribution in [0.1, 0.15) is 61.3 Å². The number of nitrogens with zero attached hydrogens (tertiary/aromatic N) is 3. The SMILES string of the molecule is Cc1ccc2c(c1)c1cc(C)ccc1n2-c1cc(C(C)(C)c2ccccn2)cc(C(C)(C)c2ccccn2)c1. The lowest BCUT2D eigenvalue weighted by Crippen LogP contribution is -2.25. The smallest absolute Gasteiger partial charge is 0.0541 e. The molecule has 39 heavy (non-hydrogen) atoms. The minimum absolute atomic E-state index is 0.293. The van der Waals surface area contributed by atoms with E-state index in [1.807, 2.05) is 24.5 Å². The summed E-state index contributed by atoms with van der Waals surface area (Å²) in [5, 5.41) is 2.57. The molecule has 0 aliphatic rings. The normalized spacial score (nSPS) is 12.4. The fourth-order valence-corrected chi connectivity index (χ4v) is 5.75. The van der Waals surface area contributed by atoms with Crippen LogP contribution in [0.25, 0.3) is 27.5 Å². The third-order valence-electron chi connectivity index (χ3n) is 8.31. The number of hydrogen-bond donors (Lipinski definition) is 0. The Balaban J connectivity index is 1.68. The van der Waals surface area contributed by atoms with Crippen molar-refractivity contribution in [1.82, 2.24) is 14.5 Å². The molecule has 0 radical (unpaired) electrons. The van der Waals surface area contributed by atoms with Crippen LogP contribution in [0.15, 0.2) is 103 Å². The zero-order chi connectivity index (χ0) is 27.4. The summed E-state index contributed by atoms with van der Waals surface area (Å²) >= 11 is 0. The lowest BCUT2D eigenvalue weighted by Gasteiger charge is -2.31. The van der Waals surface area contributed by atoms with Gasteiger partial charge in [0.15, 0.2) is 0 Å². The van der Waals surface area contributed by atoms with E-state index in [1.165, 1.54) is 44.1 Å². The molecule has 194 valence electrons. The van der Waals surface area contributed by atoms with Gasteiger partial charge in [0.2, 0.25) is 0 Å². The molecule has 3 nitrogen and oxygen atoms in total. The van der Waals surface area contributed by atoms with Gasteiger partial charge in [0, 0.05) is 39.7 Å². The van der Waals surface area contributed by atoms with Crippen LogP contribution >= 0.6 is 0 Å². The summed E-state index contributed by atoms with van der Waals surface area (Å²) in [7, 11) is 0. The van der Waals surface area contributed by atoms with Crippen LogP contribution in [0.5, 0.6) is 0 Å². The van der Waals surface area contributed by atoms with E-state index >= 15 is 0 Å². The Morgan fingerprint density at radius 3 is 1.41 bits per heavy atom. The predicted molar refractivity (Wildman–Crippen MR) is 163 cm³/mol. The molecule has 0 spiro atoms. The van der Waals surface area contributed by atoms with Crippen molar-refractivity contribution in [1.29, 1.82) is 0 Å². The van der Waals surface area contributed by atoms with Gasteiger partial charge in [0.25, 0.3) is 0 Å². The second-order valence-corrected chi connectivity index (χ2v) is 11.8. The van der Waals surface area contributed by atoms with E-state index in [4.69, 9.17) is 9.97 Å². The van der Waals surface area contributed by atoms with E-state index in [1.54, 1.807) is 0 Å². The highest BCUT2D eigenvalue weighted by molar-refractivity contribution is 6.09. The summed E-state index contributed by atoms with van der Waals surface area (Å²) in [6.07, 6.45) is 3.77. The minimum Gasteiger partial charge on any atom is -0.309 e. The summed E-state index contributed by atoms with van der Waals surface area (Å²) in [6.45, 7) is 13.4. The molecule has 0 aliphatic heterocycles. The van der Waals surface area contributed by atoms with E-state index in [0.717, 1.165) is 17.1 Å². The first-order valence-electron chi connectivity index (χ1n) is 13.7. The Morgan fingerprint density at radius 1 is 0.538 bits per heavy atom. The summed E-state index contributed by atoms with van der Waals surface area (Å²) in [5.41, 5.74) is 10.1. The number of fused-ring (bicyclic) bond motifs is 3.